The Bertz CT molecular complexity index is 1120. The third-order valence-corrected chi connectivity index (χ3v) is 5.82. The fourth-order valence-corrected chi connectivity index (χ4v) is 4.04. The molecule has 8 heteroatoms. The van der Waals surface area contributed by atoms with Gasteiger partial charge in [-0.3, -0.25) is 9.59 Å². The van der Waals surface area contributed by atoms with Crippen LogP contribution in [0.15, 0.2) is 58.5 Å². The van der Waals surface area contributed by atoms with E-state index >= 15 is 0 Å². The molecule has 0 aliphatic heterocycles. The lowest BCUT2D eigenvalue weighted by Crippen LogP contribution is -2.24. The van der Waals surface area contributed by atoms with Crippen molar-refractivity contribution >= 4 is 23.4 Å². The van der Waals surface area contributed by atoms with Gasteiger partial charge in [0.05, 0.1) is 26.3 Å². The second-order valence-corrected chi connectivity index (χ2v) is 8.23. The minimum absolute atomic E-state index is 0.103. The number of aromatic nitrogens is 2. The van der Waals surface area contributed by atoms with Gasteiger partial charge in [-0.15, -0.1) is 0 Å². The molecule has 0 spiro atoms. The number of benzene rings is 2. The molecular weight excluding hydrogens is 414 g/mol. The topological polar surface area (TPSA) is 93.3 Å². The first-order valence-corrected chi connectivity index (χ1v) is 10.6. The van der Waals surface area contributed by atoms with Gasteiger partial charge in [0, 0.05) is 22.6 Å². The molecule has 2 aromatic carbocycles. The number of nitrogens with zero attached hydrogens (tertiary/aromatic N) is 1. The summed E-state index contributed by atoms with van der Waals surface area (Å²) in [6.07, 6.45) is -0.103. The summed E-state index contributed by atoms with van der Waals surface area (Å²) in [4.78, 5) is 32.6. The summed E-state index contributed by atoms with van der Waals surface area (Å²) in [6.45, 7) is 3.79. The maximum atomic E-state index is 12.7. The molecule has 1 unspecified atom stereocenters. The van der Waals surface area contributed by atoms with Crippen molar-refractivity contribution in [2.45, 2.75) is 30.7 Å². The zero-order valence-electron chi connectivity index (χ0n) is 17.9. The summed E-state index contributed by atoms with van der Waals surface area (Å²) < 4.78 is 10.5. The molecule has 0 saturated heterocycles. The van der Waals surface area contributed by atoms with Gasteiger partial charge in [-0.25, -0.2) is 4.98 Å². The van der Waals surface area contributed by atoms with E-state index in [9.17, 15) is 9.59 Å². The van der Waals surface area contributed by atoms with E-state index in [-0.39, 0.29) is 23.1 Å². The molecule has 0 aliphatic rings. The van der Waals surface area contributed by atoms with Crippen LogP contribution in [0.5, 0.6) is 11.5 Å². The average molecular weight is 440 g/mol. The number of methoxy groups -OCH3 is 2. The van der Waals surface area contributed by atoms with Gasteiger partial charge in [-0.2, -0.15) is 0 Å². The van der Waals surface area contributed by atoms with Crippen LogP contribution in [0.4, 0.5) is 5.69 Å². The first-order valence-electron chi connectivity index (χ1n) is 9.74. The van der Waals surface area contributed by atoms with E-state index in [1.54, 1.807) is 32.2 Å². The lowest BCUT2D eigenvalue weighted by atomic mass is 10.1. The van der Waals surface area contributed by atoms with Crippen molar-refractivity contribution in [2.24, 2.45) is 0 Å². The van der Waals surface area contributed by atoms with Gasteiger partial charge in [0.15, 0.2) is 5.16 Å². The Kier molecular flexibility index (Phi) is 7.36. The van der Waals surface area contributed by atoms with Crippen LogP contribution in [0.2, 0.25) is 0 Å². The molecule has 3 aromatic rings. The highest BCUT2D eigenvalue weighted by atomic mass is 32.2. The quantitative estimate of drug-likeness (QED) is 0.405. The van der Waals surface area contributed by atoms with Gasteiger partial charge in [0.2, 0.25) is 5.91 Å². The minimum Gasteiger partial charge on any atom is -0.497 e. The Morgan fingerprint density at radius 2 is 1.90 bits per heavy atom. The number of nitrogens with one attached hydrogen (secondary N) is 2. The molecule has 1 aromatic heterocycles. The van der Waals surface area contributed by atoms with Gasteiger partial charge in [0.1, 0.15) is 11.5 Å². The molecule has 31 heavy (non-hydrogen) atoms. The SMILES string of the molecule is COc1ccc(OC)c(NC(=O)Cc2c(C)nc(SC(C)c3ccccc3)[nH]c2=O)c1. The molecule has 0 saturated carbocycles. The Morgan fingerprint density at radius 1 is 1.16 bits per heavy atom. The van der Waals surface area contributed by atoms with E-state index in [1.165, 1.54) is 18.9 Å². The Morgan fingerprint density at radius 3 is 2.55 bits per heavy atom. The number of hydrogen-bond donors (Lipinski definition) is 2. The smallest absolute Gasteiger partial charge is 0.255 e. The number of aromatic amines is 1. The first-order chi connectivity index (χ1) is 14.9. The van der Waals surface area contributed by atoms with Crippen LogP contribution in [0, 0.1) is 6.92 Å². The Balaban J connectivity index is 1.74. The number of ether oxygens (including phenoxy) is 2. The average Bonchev–Trinajstić information content (AvgIpc) is 2.76. The van der Waals surface area contributed by atoms with Crippen molar-refractivity contribution in [3.63, 3.8) is 0 Å². The highest BCUT2D eigenvalue weighted by Crippen LogP contribution is 2.32. The number of aryl methyl sites for hydroxylation is 1. The molecule has 0 radical (unpaired) electrons. The van der Waals surface area contributed by atoms with E-state index in [0.717, 1.165) is 5.56 Å². The maximum absolute atomic E-state index is 12.7. The molecule has 3 rings (SSSR count). The zero-order valence-corrected chi connectivity index (χ0v) is 18.7. The third kappa shape index (κ3) is 5.67. The van der Waals surface area contributed by atoms with Crippen molar-refractivity contribution in [3.8, 4) is 11.5 Å². The lowest BCUT2D eigenvalue weighted by Gasteiger charge is -2.13. The summed E-state index contributed by atoms with van der Waals surface area (Å²) in [5.74, 6) is 0.736. The van der Waals surface area contributed by atoms with E-state index in [1.807, 2.05) is 30.3 Å². The normalized spacial score (nSPS) is 11.6. The van der Waals surface area contributed by atoms with Crippen molar-refractivity contribution in [3.05, 3.63) is 75.7 Å². The molecule has 162 valence electrons. The Labute approximate surface area is 185 Å². The number of amides is 1. The molecular formula is C23H25N3O4S. The second-order valence-electron chi connectivity index (χ2n) is 6.90. The lowest BCUT2D eigenvalue weighted by molar-refractivity contribution is -0.115. The molecule has 2 N–H and O–H groups in total. The van der Waals surface area contributed by atoms with E-state index < -0.39 is 0 Å². The fourth-order valence-electron chi connectivity index (χ4n) is 3.07. The van der Waals surface area contributed by atoms with Crippen LogP contribution in [-0.2, 0) is 11.2 Å². The van der Waals surface area contributed by atoms with Crippen molar-refractivity contribution in [1.29, 1.82) is 0 Å². The van der Waals surface area contributed by atoms with Gasteiger partial charge < -0.3 is 19.8 Å². The van der Waals surface area contributed by atoms with Gasteiger partial charge in [-0.1, -0.05) is 42.1 Å². The minimum atomic E-state index is -0.347. The van der Waals surface area contributed by atoms with Crippen LogP contribution >= 0.6 is 11.8 Å². The molecule has 0 bridgehead atoms. The summed E-state index contributed by atoms with van der Waals surface area (Å²) >= 11 is 1.47. The predicted octanol–water partition coefficient (Wildman–Crippen LogP) is 4.13. The number of carbonyl (C=O) groups is 1. The van der Waals surface area contributed by atoms with Crippen LogP contribution in [0.3, 0.4) is 0 Å². The highest BCUT2D eigenvalue weighted by molar-refractivity contribution is 7.99. The van der Waals surface area contributed by atoms with Gasteiger partial charge in [0.25, 0.3) is 5.56 Å². The second kappa shape index (κ2) is 10.2. The number of anilines is 1. The number of hydrogen-bond acceptors (Lipinski definition) is 6. The summed E-state index contributed by atoms with van der Waals surface area (Å²) in [5.41, 5.74) is 2.15. The number of thioether (sulfide) groups is 1. The summed E-state index contributed by atoms with van der Waals surface area (Å²) in [5, 5.41) is 3.43. The number of H-pyrrole nitrogens is 1. The van der Waals surface area contributed by atoms with Gasteiger partial charge >= 0.3 is 0 Å². The molecule has 0 aliphatic carbocycles. The van der Waals surface area contributed by atoms with Crippen molar-refractivity contribution in [1.82, 2.24) is 9.97 Å². The number of carbonyl (C=O) groups excluding carboxylic acids is 1. The van der Waals surface area contributed by atoms with E-state index in [4.69, 9.17) is 9.47 Å². The van der Waals surface area contributed by atoms with Crippen LogP contribution in [0.1, 0.15) is 29.0 Å². The largest absolute Gasteiger partial charge is 0.497 e. The Hall–Kier alpha value is -3.26. The first kappa shape index (κ1) is 22.4. The number of rotatable bonds is 8. The highest BCUT2D eigenvalue weighted by Gasteiger charge is 2.16. The summed E-state index contributed by atoms with van der Waals surface area (Å²) in [7, 11) is 3.06. The zero-order chi connectivity index (χ0) is 22.4. The molecule has 0 fully saturated rings. The summed E-state index contributed by atoms with van der Waals surface area (Å²) in [6, 6.07) is 15.1. The van der Waals surface area contributed by atoms with E-state index in [2.05, 4.69) is 22.2 Å². The van der Waals surface area contributed by atoms with Crippen molar-refractivity contribution < 1.29 is 14.3 Å². The third-order valence-electron chi connectivity index (χ3n) is 4.78. The van der Waals surface area contributed by atoms with Crippen molar-refractivity contribution in [2.75, 3.05) is 19.5 Å². The molecule has 7 nitrogen and oxygen atoms in total. The standard InChI is InChI=1S/C23H25N3O4S/c1-14-18(13-21(27)25-19-12-17(29-3)10-11-20(19)30-4)22(28)26-23(24-14)31-15(2)16-8-6-5-7-9-16/h5-12,15H,13H2,1-4H3,(H,25,27)(H,24,26,28). The molecule has 1 atom stereocenters. The van der Waals surface area contributed by atoms with E-state index in [0.29, 0.717) is 33.6 Å². The van der Waals surface area contributed by atoms with Crippen LogP contribution in [0.25, 0.3) is 0 Å². The predicted molar refractivity (Wildman–Crippen MR) is 122 cm³/mol. The fraction of sp³-hybridized carbons (Fsp3) is 0.261. The molecule has 1 heterocycles. The van der Waals surface area contributed by atoms with Crippen LogP contribution in [-0.4, -0.2) is 30.1 Å². The molecule has 1 amide bonds. The van der Waals surface area contributed by atoms with Gasteiger partial charge in [-0.05, 0) is 31.5 Å². The maximum Gasteiger partial charge on any atom is 0.255 e. The van der Waals surface area contributed by atoms with Crippen LogP contribution < -0.4 is 20.3 Å². The monoisotopic (exact) mass is 439 g/mol.